The topological polar surface area (TPSA) is 23.8 Å². The Morgan fingerprint density at radius 3 is 2.77 bits per heavy atom. The van der Waals surface area contributed by atoms with Crippen molar-refractivity contribution in [3.8, 4) is 6.07 Å². The highest BCUT2D eigenvalue weighted by Gasteiger charge is 2.29. The molecule has 0 heterocycles. The van der Waals surface area contributed by atoms with Gasteiger partial charge in [-0.2, -0.15) is 5.26 Å². The number of nitrogens with zero attached hydrogens (tertiary/aromatic N) is 1. The molecule has 0 radical (unpaired) electrons. The first-order chi connectivity index (χ1) is 6.29. The van der Waals surface area contributed by atoms with Gasteiger partial charge in [0.25, 0.3) is 0 Å². The van der Waals surface area contributed by atoms with Crippen molar-refractivity contribution in [1.82, 2.24) is 0 Å². The Hall–Kier alpha value is -1.29. The quantitative estimate of drug-likeness (QED) is 0.637. The highest BCUT2D eigenvalue weighted by atomic mass is 14.4. The first-order valence-corrected chi connectivity index (χ1v) is 4.76. The van der Waals surface area contributed by atoms with Gasteiger partial charge in [0.05, 0.1) is 6.07 Å². The molecule has 13 heavy (non-hydrogen) atoms. The fourth-order valence-corrected chi connectivity index (χ4v) is 1.92. The maximum atomic E-state index is 8.66. The Balaban J connectivity index is 2.08. The minimum Gasteiger partial charge on any atom is -0.198 e. The summed E-state index contributed by atoms with van der Waals surface area (Å²) in [6.45, 7) is 2.12. The van der Waals surface area contributed by atoms with Gasteiger partial charge in [0, 0.05) is 5.92 Å². The van der Waals surface area contributed by atoms with Crippen molar-refractivity contribution in [2.24, 2.45) is 5.92 Å². The Kier molecular flexibility index (Phi) is 2.06. The van der Waals surface area contributed by atoms with Gasteiger partial charge in [-0.1, -0.05) is 29.8 Å². The number of benzene rings is 1. The first kappa shape index (κ1) is 8.31. The fraction of sp³-hybridized carbons (Fsp3) is 0.417. The predicted molar refractivity (Wildman–Crippen MR) is 52.3 cm³/mol. The van der Waals surface area contributed by atoms with Crippen molar-refractivity contribution >= 4 is 0 Å². The monoisotopic (exact) mass is 171 g/mol. The van der Waals surface area contributed by atoms with E-state index in [1.165, 1.54) is 11.1 Å². The summed E-state index contributed by atoms with van der Waals surface area (Å²) in [5.74, 6) is 0.954. The van der Waals surface area contributed by atoms with E-state index in [1.807, 2.05) is 0 Å². The van der Waals surface area contributed by atoms with Crippen LogP contribution in [0.2, 0.25) is 0 Å². The van der Waals surface area contributed by atoms with E-state index in [0.717, 1.165) is 12.8 Å². The molecule has 0 atom stereocenters. The van der Waals surface area contributed by atoms with Gasteiger partial charge in [-0.05, 0) is 31.2 Å². The molecule has 0 spiro atoms. The lowest BCUT2D eigenvalue weighted by Crippen LogP contribution is -2.20. The molecule has 66 valence electrons. The molecule has 0 unspecified atom stereocenters. The van der Waals surface area contributed by atoms with Crippen molar-refractivity contribution < 1.29 is 0 Å². The molecule has 1 aromatic carbocycles. The maximum absolute atomic E-state index is 8.66. The summed E-state index contributed by atoms with van der Waals surface area (Å²) in [6, 6.07) is 10.9. The van der Waals surface area contributed by atoms with Crippen molar-refractivity contribution in [3.05, 3.63) is 35.4 Å². The molecule has 1 fully saturated rings. The normalized spacial score (nSPS) is 26.2. The second-order valence-electron chi connectivity index (χ2n) is 3.91. The Morgan fingerprint density at radius 1 is 1.38 bits per heavy atom. The molecule has 0 saturated heterocycles. The van der Waals surface area contributed by atoms with E-state index in [-0.39, 0.29) is 0 Å². The summed E-state index contributed by atoms with van der Waals surface area (Å²) in [7, 11) is 0. The lowest BCUT2D eigenvalue weighted by atomic mass is 9.72. The van der Waals surface area contributed by atoms with E-state index in [1.54, 1.807) is 0 Å². The molecule has 0 bridgehead atoms. The zero-order valence-electron chi connectivity index (χ0n) is 7.83. The second-order valence-corrected chi connectivity index (χ2v) is 3.91. The van der Waals surface area contributed by atoms with Crippen LogP contribution in [0, 0.1) is 24.2 Å². The number of hydrogen-bond donors (Lipinski definition) is 0. The molecule has 1 heteroatoms. The SMILES string of the molecule is Cc1cccc(C2CC(C#N)C2)c1. The van der Waals surface area contributed by atoms with Gasteiger partial charge >= 0.3 is 0 Å². The lowest BCUT2D eigenvalue weighted by Gasteiger charge is -2.31. The summed E-state index contributed by atoms with van der Waals surface area (Å²) in [5.41, 5.74) is 2.73. The van der Waals surface area contributed by atoms with Crippen LogP contribution >= 0.6 is 0 Å². The summed E-state index contributed by atoms with van der Waals surface area (Å²) in [5, 5.41) is 8.66. The van der Waals surface area contributed by atoms with E-state index >= 15 is 0 Å². The van der Waals surface area contributed by atoms with Crippen LogP contribution in [0.4, 0.5) is 0 Å². The summed E-state index contributed by atoms with van der Waals surface area (Å²) < 4.78 is 0. The predicted octanol–water partition coefficient (Wildman–Crippen LogP) is 3.01. The van der Waals surface area contributed by atoms with E-state index in [9.17, 15) is 0 Å². The van der Waals surface area contributed by atoms with Crippen molar-refractivity contribution in [2.75, 3.05) is 0 Å². The zero-order valence-corrected chi connectivity index (χ0v) is 7.83. The lowest BCUT2D eigenvalue weighted by molar-refractivity contribution is 0.331. The minimum atomic E-state index is 0.311. The van der Waals surface area contributed by atoms with Gasteiger partial charge < -0.3 is 0 Å². The van der Waals surface area contributed by atoms with E-state index < -0.39 is 0 Å². The molecule has 0 N–H and O–H groups in total. The molecule has 0 amide bonds. The third-order valence-electron chi connectivity index (χ3n) is 2.83. The summed E-state index contributed by atoms with van der Waals surface area (Å²) in [6.07, 6.45) is 2.11. The van der Waals surface area contributed by atoms with Crippen LogP contribution in [0.5, 0.6) is 0 Å². The molecule has 1 nitrogen and oxygen atoms in total. The van der Waals surface area contributed by atoms with Crippen LogP contribution in [-0.4, -0.2) is 0 Å². The van der Waals surface area contributed by atoms with Gasteiger partial charge in [-0.25, -0.2) is 0 Å². The van der Waals surface area contributed by atoms with Crippen LogP contribution in [0.15, 0.2) is 24.3 Å². The van der Waals surface area contributed by atoms with E-state index in [0.29, 0.717) is 11.8 Å². The Labute approximate surface area is 79.0 Å². The highest BCUT2D eigenvalue weighted by molar-refractivity contribution is 5.27. The largest absolute Gasteiger partial charge is 0.198 e. The van der Waals surface area contributed by atoms with Crippen molar-refractivity contribution in [1.29, 1.82) is 5.26 Å². The molecule has 1 aromatic rings. The van der Waals surface area contributed by atoms with Gasteiger partial charge in [-0.15, -0.1) is 0 Å². The van der Waals surface area contributed by atoms with Gasteiger partial charge in [0.15, 0.2) is 0 Å². The first-order valence-electron chi connectivity index (χ1n) is 4.76. The molecular weight excluding hydrogens is 158 g/mol. The van der Waals surface area contributed by atoms with Crippen LogP contribution in [-0.2, 0) is 0 Å². The zero-order chi connectivity index (χ0) is 9.26. The molecule has 0 aromatic heterocycles. The van der Waals surface area contributed by atoms with Crippen LogP contribution in [0.3, 0.4) is 0 Å². The van der Waals surface area contributed by atoms with Crippen molar-refractivity contribution in [3.63, 3.8) is 0 Å². The number of hydrogen-bond acceptors (Lipinski definition) is 1. The van der Waals surface area contributed by atoms with Crippen molar-refractivity contribution in [2.45, 2.75) is 25.7 Å². The molecule has 1 saturated carbocycles. The molecule has 1 aliphatic carbocycles. The van der Waals surface area contributed by atoms with Gasteiger partial charge in [0.1, 0.15) is 0 Å². The van der Waals surface area contributed by atoms with Crippen LogP contribution in [0.1, 0.15) is 29.9 Å². The van der Waals surface area contributed by atoms with Crippen LogP contribution < -0.4 is 0 Å². The smallest absolute Gasteiger partial charge is 0.0656 e. The number of rotatable bonds is 1. The van der Waals surface area contributed by atoms with E-state index in [2.05, 4.69) is 37.3 Å². The Morgan fingerprint density at radius 2 is 2.15 bits per heavy atom. The summed E-state index contributed by atoms with van der Waals surface area (Å²) >= 11 is 0. The molecule has 1 aliphatic rings. The number of aryl methyl sites for hydroxylation is 1. The second kappa shape index (κ2) is 3.22. The highest BCUT2D eigenvalue weighted by Crippen LogP contribution is 2.41. The van der Waals surface area contributed by atoms with Gasteiger partial charge in [0.2, 0.25) is 0 Å². The van der Waals surface area contributed by atoms with Crippen LogP contribution in [0.25, 0.3) is 0 Å². The average molecular weight is 171 g/mol. The third-order valence-corrected chi connectivity index (χ3v) is 2.83. The Bertz CT molecular complexity index is 342. The minimum absolute atomic E-state index is 0.311. The third kappa shape index (κ3) is 1.58. The summed E-state index contributed by atoms with van der Waals surface area (Å²) in [4.78, 5) is 0. The van der Waals surface area contributed by atoms with E-state index in [4.69, 9.17) is 5.26 Å². The maximum Gasteiger partial charge on any atom is 0.0656 e. The van der Waals surface area contributed by atoms with Gasteiger partial charge in [-0.3, -0.25) is 0 Å². The molecular formula is C12H13N. The fourth-order valence-electron chi connectivity index (χ4n) is 1.92. The molecule has 0 aliphatic heterocycles. The standard InChI is InChI=1S/C12H13N/c1-9-3-2-4-11(5-9)12-6-10(7-12)8-13/h2-5,10,12H,6-7H2,1H3. The number of nitriles is 1. The molecule has 2 rings (SSSR count). The average Bonchev–Trinajstić information content (AvgIpc) is 2.02.